The van der Waals surface area contributed by atoms with E-state index in [1.165, 1.54) is 0 Å². The van der Waals surface area contributed by atoms with Crippen LogP contribution in [0.1, 0.15) is 37.5 Å². The molecule has 6 heteroatoms. The number of nitrogens with two attached hydrogens (primary N) is 1. The third kappa shape index (κ3) is 4.51. The van der Waals surface area contributed by atoms with E-state index in [1.807, 2.05) is 6.26 Å². The van der Waals surface area contributed by atoms with Gasteiger partial charge in [-0.3, -0.25) is 0 Å². The first-order valence-corrected chi connectivity index (χ1v) is 6.82. The van der Waals surface area contributed by atoms with Crippen LogP contribution in [0.2, 0.25) is 0 Å². The number of hydrogen-bond donors (Lipinski definition) is 1. The van der Waals surface area contributed by atoms with Crippen molar-refractivity contribution in [3.05, 3.63) is 11.7 Å². The molecular formula is C10H19N3O2S. The summed E-state index contributed by atoms with van der Waals surface area (Å²) in [5, 5.41) is 3.82. The van der Waals surface area contributed by atoms with Gasteiger partial charge in [-0.25, -0.2) is 0 Å². The Kier molecular flexibility index (Phi) is 6.44. The van der Waals surface area contributed by atoms with Crippen molar-refractivity contribution in [2.24, 2.45) is 5.73 Å². The van der Waals surface area contributed by atoms with Gasteiger partial charge >= 0.3 is 0 Å². The smallest absolute Gasteiger partial charge is 0.243 e. The Morgan fingerprint density at radius 3 is 3.06 bits per heavy atom. The van der Waals surface area contributed by atoms with Crippen molar-refractivity contribution in [3.63, 3.8) is 0 Å². The normalized spacial score (nSPS) is 12.9. The fourth-order valence-electron chi connectivity index (χ4n) is 1.15. The predicted molar refractivity (Wildman–Crippen MR) is 64.2 cm³/mol. The summed E-state index contributed by atoms with van der Waals surface area (Å²) in [5.41, 5.74) is 5.90. The van der Waals surface area contributed by atoms with E-state index in [1.54, 1.807) is 11.8 Å². The Hall–Kier alpha value is -0.590. The van der Waals surface area contributed by atoms with Crippen molar-refractivity contribution in [1.82, 2.24) is 10.1 Å². The first kappa shape index (κ1) is 13.5. The van der Waals surface area contributed by atoms with E-state index in [9.17, 15) is 0 Å². The molecule has 0 saturated carbocycles. The van der Waals surface area contributed by atoms with Crippen LogP contribution in [0, 0.1) is 0 Å². The van der Waals surface area contributed by atoms with E-state index < -0.39 is 0 Å². The molecule has 0 unspecified atom stereocenters. The molecular weight excluding hydrogens is 226 g/mol. The van der Waals surface area contributed by atoms with Crippen LogP contribution in [0.15, 0.2) is 4.52 Å². The van der Waals surface area contributed by atoms with Crippen molar-refractivity contribution in [2.45, 2.75) is 32.4 Å². The average Bonchev–Trinajstić information content (AvgIpc) is 2.75. The molecule has 1 aromatic rings. The van der Waals surface area contributed by atoms with Crippen LogP contribution in [0.4, 0.5) is 0 Å². The molecule has 0 amide bonds. The summed E-state index contributed by atoms with van der Waals surface area (Å²) in [6, 6.07) is -0.167. The van der Waals surface area contributed by atoms with Gasteiger partial charge < -0.3 is 15.0 Å². The summed E-state index contributed by atoms with van der Waals surface area (Å²) < 4.78 is 10.4. The molecule has 0 spiro atoms. The molecule has 1 atom stereocenters. The van der Waals surface area contributed by atoms with Gasteiger partial charge in [0.1, 0.15) is 6.61 Å². The van der Waals surface area contributed by atoms with Crippen molar-refractivity contribution in [3.8, 4) is 0 Å². The Morgan fingerprint density at radius 2 is 2.38 bits per heavy atom. The van der Waals surface area contributed by atoms with Crippen LogP contribution in [-0.2, 0) is 11.3 Å². The highest BCUT2D eigenvalue weighted by Gasteiger charge is 2.14. The van der Waals surface area contributed by atoms with Crippen molar-refractivity contribution < 1.29 is 9.26 Å². The highest BCUT2D eigenvalue weighted by atomic mass is 32.2. The molecule has 0 bridgehead atoms. The van der Waals surface area contributed by atoms with Gasteiger partial charge in [-0.2, -0.15) is 16.7 Å². The van der Waals surface area contributed by atoms with Gasteiger partial charge in [0.25, 0.3) is 0 Å². The zero-order valence-corrected chi connectivity index (χ0v) is 10.6. The Bertz CT molecular complexity index is 293. The summed E-state index contributed by atoms with van der Waals surface area (Å²) in [6.07, 6.45) is 3.88. The summed E-state index contributed by atoms with van der Waals surface area (Å²) in [7, 11) is 0. The second-order valence-electron chi connectivity index (χ2n) is 3.49. The summed E-state index contributed by atoms with van der Waals surface area (Å²) >= 11 is 1.75. The number of nitrogens with zero attached hydrogens (tertiary/aromatic N) is 2. The molecule has 0 aromatic carbocycles. The lowest BCUT2D eigenvalue weighted by atomic mass is 10.2. The number of rotatable bonds is 8. The highest BCUT2D eigenvalue weighted by Crippen LogP contribution is 2.14. The zero-order valence-electron chi connectivity index (χ0n) is 9.81. The minimum Gasteiger partial charge on any atom is -0.373 e. The SMILES string of the molecule is CCCOCc1noc([C@@H](N)CCSC)n1. The van der Waals surface area contributed by atoms with E-state index in [-0.39, 0.29) is 6.04 Å². The van der Waals surface area contributed by atoms with Crippen LogP contribution in [0.3, 0.4) is 0 Å². The number of thioether (sulfide) groups is 1. The topological polar surface area (TPSA) is 74.2 Å². The second-order valence-corrected chi connectivity index (χ2v) is 4.47. The molecule has 0 saturated heterocycles. The molecule has 0 fully saturated rings. The van der Waals surface area contributed by atoms with Gasteiger partial charge in [-0.15, -0.1) is 0 Å². The molecule has 1 heterocycles. The first-order chi connectivity index (χ1) is 7.77. The lowest BCUT2D eigenvalue weighted by Gasteiger charge is -2.03. The summed E-state index contributed by atoms with van der Waals surface area (Å²) in [4.78, 5) is 4.20. The summed E-state index contributed by atoms with van der Waals surface area (Å²) in [6.45, 7) is 3.16. The quantitative estimate of drug-likeness (QED) is 0.703. The maximum Gasteiger partial charge on any atom is 0.243 e. The summed E-state index contributed by atoms with van der Waals surface area (Å²) in [5.74, 6) is 2.07. The molecule has 0 aliphatic rings. The number of hydrogen-bond acceptors (Lipinski definition) is 6. The molecule has 16 heavy (non-hydrogen) atoms. The van der Waals surface area contributed by atoms with Gasteiger partial charge in [0, 0.05) is 6.61 Å². The molecule has 2 N–H and O–H groups in total. The van der Waals surface area contributed by atoms with E-state index in [0.717, 1.165) is 18.6 Å². The van der Waals surface area contributed by atoms with E-state index in [2.05, 4.69) is 17.1 Å². The Balaban J connectivity index is 2.37. The zero-order chi connectivity index (χ0) is 11.8. The number of aromatic nitrogens is 2. The molecule has 1 rings (SSSR count). The largest absolute Gasteiger partial charge is 0.373 e. The third-order valence-electron chi connectivity index (χ3n) is 2.01. The fourth-order valence-corrected chi connectivity index (χ4v) is 1.64. The average molecular weight is 245 g/mol. The van der Waals surface area contributed by atoms with Crippen LogP contribution in [0.25, 0.3) is 0 Å². The third-order valence-corrected chi connectivity index (χ3v) is 2.66. The van der Waals surface area contributed by atoms with Crippen molar-refractivity contribution in [2.75, 3.05) is 18.6 Å². The lowest BCUT2D eigenvalue weighted by molar-refractivity contribution is 0.114. The maximum atomic E-state index is 5.90. The minimum absolute atomic E-state index is 0.167. The molecule has 1 aromatic heterocycles. The highest BCUT2D eigenvalue weighted by molar-refractivity contribution is 7.98. The predicted octanol–water partition coefficient (Wildman–Crippen LogP) is 1.75. The molecule has 0 aliphatic carbocycles. The van der Waals surface area contributed by atoms with Crippen LogP contribution in [0.5, 0.6) is 0 Å². The van der Waals surface area contributed by atoms with Crippen LogP contribution in [-0.4, -0.2) is 28.8 Å². The Labute approximate surface area is 100 Å². The van der Waals surface area contributed by atoms with Gasteiger partial charge in [0.15, 0.2) is 5.82 Å². The fraction of sp³-hybridized carbons (Fsp3) is 0.800. The Morgan fingerprint density at radius 1 is 1.56 bits per heavy atom. The monoisotopic (exact) mass is 245 g/mol. The van der Waals surface area contributed by atoms with Crippen molar-refractivity contribution >= 4 is 11.8 Å². The van der Waals surface area contributed by atoms with Gasteiger partial charge in [-0.05, 0) is 24.9 Å². The van der Waals surface area contributed by atoms with Crippen molar-refractivity contribution in [1.29, 1.82) is 0 Å². The number of ether oxygens (including phenoxy) is 1. The second kappa shape index (κ2) is 7.65. The standard InChI is InChI=1S/C10H19N3O2S/c1-3-5-14-7-9-12-10(15-13-9)8(11)4-6-16-2/h8H,3-7,11H2,1-2H3/t8-/m0/s1. The molecule has 0 aliphatic heterocycles. The van der Waals surface area contributed by atoms with Crippen LogP contribution < -0.4 is 5.73 Å². The first-order valence-electron chi connectivity index (χ1n) is 5.42. The van der Waals surface area contributed by atoms with Crippen LogP contribution >= 0.6 is 11.8 Å². The molecule has 92 valence electrons. The van der Waals surface area contributed by atoms with E-state index in [4.69, 9.17) is 15.0 Å². The van der Waals surface area contributed by atoms with Gasteiger partial charge in [-0.1, -0.05) is 12.1 Å². The minimum atomic E-state index is -0.167. The van der Waals surface area contributed by atoms with E-state index >= 15 is 0 Å². The van der Waals surface area contributed by atoms with Gasteiger partial charge in [0.2, 0.25) is 5.89 Å². The van der Waals surface area contributed by atoms with E-state index in [0.29, 0.717) is 24.9 Å². The maximum absolute atomic E-state index is 5.90. The molecule has 5 nitrogen and oxygen atoms in total. The lowest BCUT2D eigenvalue weighted by Crippen LogP contribution is -2.11. The van der Waals surface area contributed by atoms with Gasteiger partial charge in [0.05, 0.1) is 6.04 Å². The molecule has 0 radical (unpaired) electrons.